The van der Waals surface area contributed by atoms with E-state index in [0.29, 0.717) is 46.6 Å². The van der Waals surface area contributed by atoms with E-state index in [1.165, 1.54) is 20.3 Å². The number of halogens is 4. The van der Waals surface area contributed by atoms with Crippen LogP contribution in [0.2, 0.25) is 0 Å². The molecule has 13 heteroatoms. The van der Waals surface area contributed by atoms with Crippen molar-refractivity contribution in [3.63, 3.8) is 0 Å². The normalized spacial score (nSPS) is 17.9. The molecule has 0 aliphatic carbocycles. The summed E-state index contributed by atoms with van der Waals surface area (Å²) in [5.74, 6) is 5.67. The largest absolute Gasteiger partial charge is 0.495 e. The summed E-state index contributed by atoms with van der Waals surface area (Å²) in [7, 11) is 4.74. The molecular weight excluding hydrogens is 582 g/mol. The Morgan fingerprint density at radius 3 is 2.68 bits per heavy atom. The zero-order chi connectivity index (χ0) is 31.9. The molecule has 3 atom stereocenters. The Bertz CT molecular complexity index is 1500. The number of fused-ring (bicyclic) bond motifs is 1. The molecule has 238 valence electrons. The van der Waals surface area contributed by atoms with Crippen LogP contribution < -0.4 is 20.7 Å². The van der Waals surface area contributed by atoms with Gasteiger partial charge in [-0.2, -0.15) is 13.2 Å². The van der Waals surface area contributed by atoms with Crippen molar-refractivity contribution in [2.45, 2.75) is 37.5 Å². The van der Waals surface area contributed by atoms with Gasteiger partial charge in [-0.25, -0.2) is 4.39 Å². The smallest absolute Gasteiger partial charge is 0.406 e. The fourth-order valence-electron chi connectivity index (χ4n) is 5.10. The van der Waals surface area contributed by atoms with Crippen LogP contribution in [0, 0.1) is 11.8 Å². The minimum absolute atomic E-state index is 0.0156. The van der Waals surface area contributed by atoms with Crippen LogP contribution in [0.15, 0.2) is 42.5 Å². The number of nitrogens with one attached hydrogen (secondary N) is 3. The number of piperidine rings is 1. The number of likely N-dealkylation sites (tertiary alicyclic amines) is 1. The van der Waals surface area contributed by atoms with Gasteiger partial charge in [0, 0.05) is 43.4 Å². The van der Waals surface area contributed by atoms with Gasteiger partial charge in [0.25, 0.3) is 5.91 Å². The van der Waals surface area contributed by atoms with Gasteiger partial charge in [0.2, 0.25) is 0 Å². The number of benzene rings is 2. The van der Waals surface area contributed by atoms with Crippen molar-refractivity contribution in [3.05, 3.63) is 53.7 Å². The van der Waals surface area contributed by atoms with Crippen molar-refractivity contribution >= 4 is 28.2 Å². The van der Waals surface area contributed by atoms with Gasteiger partial charge >= 0.3 is 6.18 Å². The predicted octanol–water partition coefficient (Wildman–Crippen LogP) is 3.87. The number of aliphatic hydroxyl groups excluding tert-OH is 1. The average molecular weight is 620 g/mol. The fourth-order valence-corrected chi connectivity index (χ4v) is 5.10. The second-order valence-electron chi connectivity index (χ2n) is 10.7. The van der Waals surface area contributed by atoms with Gasteiger partial charge in [0.1, 0.15) is 18.5 Å². The van der Waals surface area contributed by atoms with Crippen molar-refractivity contribution in [3.8, 4) is 17.6 Å². The van der Waals surface area contributed by atoms with E-state index in [0.717, 1.165) is 4.57 Å². The molecule has 0 spiro atoms. The van der Waals surface area contributed by atoms with Gasteiger partial charge in [0.15, 0.2) is 0 Å². The summed E-state index contributed by atoms with van der Waals surface area (Å²) in [4.78, 5) is 14.4. The summed E-state index contributed by atoms with van der Waals surface area (Å²) in [6.45, 7) is -0.0544. The molecule has 1 aliphatic heterocycles. The first kappa shape index (κ1) is 32.9. The SMILES string of the molecule is COCC(O)CNC(=O)c1ccc(NCC#Cc2cc3c(N[C@H]4CCN(C)C[C@H]4F)cccc3n2CC(F)(F)F)c(OC)c1. The van der Waals surface area contributed by atoms with Crippen LogP contribution in [0.3, 0.4) is 0 Å². The summed E-state index contributed by atoms with van der Waals surface area (Å²) in [5, 5.41) is 19.2. The highest BCUT2D eigenvalue weighted by Crippen LogP contribution is 2.32. The lowest BCUT2D eigenvalue weighted by atomic mass is 10.0. The molecule has 0 saturated carbocycles. The Labute approximate surface area is 253 Å². The monoisotopic (exact) mass is 619 g/mol. The Kier molecular flexibility index (Phi) is 11.0. The fraction of sp³-hybridized carbons (Fsp3) is 0.452. The van der Waals surface area contributed by atoms with E-state index in [4.69, 9.17) is 9.47 Å². The van der Waals surface area contributed by atoms with Crippen LogP contribution in [-0.4, -0.2) is 99.0 Å². The summed E-state index contributed by atoms with van der Waals surface area (Å²) >= 11 is 0. The van der Waals surface area contributed by atoms with Crippen molar-refractivity contribution in [2.24, 2.45) is 0 Å². The first-order valence-electron chi connectivity index (χ1n) is 14.1. The number of carbonyl (C=O) groups excluding carboxylic acids is 1. The number of amides is 1. The molecule has 2 aromatic carbocycles. The van der Waals surface area contributed by atoms with Crippen LogP contribution in [-0.2, 0) is 11.3 Å². The molecule has 4 rings (SSSR count). The number of hydrogen-bond donors (Lipinski definition) is 4. The number of carbonyl (C=O) groups is 1. The molecular formula is C31H37F4N5O4. The molecule has 9 nitrogen and oxygen atoms in total. The summed E-state index contributed by atoms with van der Waals surface area (Å²) in [6, 6.07) is 10.8. The van der Waals surface area contributed by atoms with Gasteiger partial charge in [0.05, 0.1) is 49.3 Å². The van der Waals surface area contributed by atoms with Crippen molar-refractivity contribution in [1.29, 1.82) is 0 Å². The van der Waals surface area contributed by atoms with E-state index in [1.54, 1.807) is 36.4 Å². The van der Waals surface area contributed by atoms with Crippen molar-refractivity contribution in [1.82, 2.24) is 14.8 Å². The Hall–Kier alpha value is -3.99. The molecule has 3 aromatic rings. The Morgan fingerprint density at radius 1 is 1.18 bits per heavy atom. The maximum Gasteiger partial charge on any atom is 0.406 e. The zero-order valence-electron chi connectivity index (χ0n) is 24.8. The number of alkyl halides is 4. The van der Waals surface area contributed by atoms with Crippen LogP contribution in [0.4, 0.5) is 28.9 Å². The summed E-state index contributed by atoms with van der Waals surface area (Å²) < 4.78 is 66.8. The highest BCUT2D eigenvalue weighted by Gasteiger charge is 2.31. The van der Waals surface area contributed by atoms with E-state index in [1.807, 2.05) is 11.9 Å². The van der Waals surface area contributed by atoms with Gasteiger partial charge in [-0.3, -0.25) is 4.79 Å². The Morgan fingerprint density at radius 2 is 1.98 bits per heavy atom. The molecule has 4 N–H and O–H groups in total. The molecule has 1 aliphatic rings. The number of hydrogen-bond acceptors (Lipinski definition) is 7. The maximum absolute atomic E-state index is 14.7. The van der Waals surface area contributed by atoms with E-state index in [-0.39, 0.29) is 31.9 Å². The predicted molar refractivity (Wildman–Crippen MR) is 161 cm³/mol. The van der Waals surface area contributed by atoms with Gasteiger partial charge in [-0.05, 0) is 55.8 Å². The zero-order valence-corrected chi connectivity index (χ0v) is 24.8. The second-order valence-corrected chi connectivity index (χ2v) is 10.7. The van der Waals surface area contributed by atoms with Crippen LogP contribution >= 0.6 is 0 Å². The van der Waals surface area contributed by atoms with Gasteiger partial charge in [-0.15, -0.1) is 0 Å². The maximum atomic E-state index is 14.7. The topological polar surface area (TPSA) is 100 Å². The van der Waals surface area contributed by atoms with Crippen LogP contribution in [0.5, 0.6) is 5.75 Å². The van der Waals surface area contributed by atoms with Gasteiger partial charge < -0.3 is 40.0 Å². The first-order valence-corrected chi connectivity index (χ1v) is 14.1. The number of anilines is 2. The molecule has 0 bridgehead atoms. The lowest BCUT2D eigenvalue weighted by Crippen LogP contribution is -2.46. The number of methoxy groups -OCH3 is 2. The molecule has 1 fully saturated rings. The van der Waals surface area contributed by atoms with E-state index < -0.39 is 36.9 Å². The third-order valence-electron chi connectivity index (χ3n) is 7.27. The summed E-state index contributed by atoms with van der Waals surface area (Å²) in [6.07, 6.45) is -5.86. The number of nitrogens with zero attached hydrogens (tertiary/aromatic N) is 2. The first-order chi connectivity index (χ1) is 21.0. The van der Waals surface area contributed by atoms with Crippen LogP contribution in [0.1, 0.15) is 22.5 Å². The standard InChI is InChI=1S/C31H37F4N5O4/c1-39-13-11-26(24(32)17-39)38-25-7-4-8-28-23(25)15-21(40(28)19-31(33,34)35)6-5-12-36-27-10-9-20(14-29(27)44-3)30(42)37-16-22(41)18-43-2/h4,7-10,14-15,22,24,26,36,38,41H,11-13,16-19H2,1-3H3,(H,37,42)/t22?,24-,26+/m1/s1. The number of ether oxygens (including phenoxy) is 2. The third-order valence-corrected chi connectivity index (χ3v) is 7.27. The number of rotatable bonds is 11. The number of aliphatic hydroxyl groups is 1. The molecule has 1 aromatic heterocycles. The van der Waals surface area contributed by atoms with Crippen LogP contribution in [0.25, 0.3) is 10.9 Å². The average Bonchev–Trinajstić information content (AvgIpc) is 3.32. The van der Waals surface area contributed by atoms with E-state index >= 15 is 0 Å². The molecule has 2 heterocycles. The highest BCUT2D eigenvalue weighted by molar-refractivity contribution is 5.95. The highest BCUT2D eigenvalue weighted by atomic mass is 19.4. The Balaban J connectivity index is 1.51. The lowest BCUT2D eigenvalue weighted by molar-refractivity contribution is -0.140. The van der Waals surface area contributed by atoms with Crippen molar-refractivity contribution < 1.29 is 36.9 Å². The molecule has 44 heavy (non-hydrogen) atoms. The molecule has 0 radical (unpaired) electrons. The lowest BCUT2D eigenvalue weighted by Gasteiger charge is -2.33. The molecule has 1 unspecified atom stereocenters. The minimum atomic E-state index is -4.48. The van der Waals surface area contributed by atoms with Gasteiger partial charge in [-0.1, -0.05) is 12.0 Å². The number of aromatic nitrogens is 1. The molecule has 1 saturated heterocycles. The quantitative estimate of drug-likeness (QED) is 0.191. The molecule has 1 amide bonds. The van der Waals surface area contributed by atoms with Crippen molar-refractivity contribution in [2.75, 3.05) is 64.7 Å². The third kappa shape index (κ3) is 8.56. The van der Waals surface area contributed by atoms with E-state index in [9.17, 15) is 27.5 Å². The van der Waals surface area contributed by atoms with E-state index in [2.05, 4.69) is 27.8 Å². The minimum Gasteiger partial charge on any atom is -0.495 e. The second kappa shape index (κ2) is 14.7. The summed E-state index contributed by atoms with van der Waals surface area (Å²) in [5.41, 5.74) is 1.91.